The number of rotatable bonds is 4. The van der Waals surface area contributed by atoms with Gasteiger partial charge >= 0.3 is 5.97 Å². The van der Waals surface area contributed by atoms with Crippen molar-refractivity contribution in [3.8, 4) is 0 Å². The van der Waals surface area contributed by atoms with Gasteiger partial charge in [0.25, 0.3) is 0 Å². The first kappa shape index (κ1) is 14.9. The summed E-state index contributed by atoms with van der Waals surface area (Å²) in [6.45, 7) is 0. The molecule has 2 rings (SSSR count). The lowest BCUT2D eigenvalue weighted by atomic mass is 10.2. The summed E-state index contributed by atoms with van der Waals surface area (Å²) in [4.78, 5) is 13.9. The SMILES string of the molecule is O=C(O)c1cc(Cl)cc(S(=O)(=O)Cc2cscn2)c1F. The predicted molar refractivity (Wildman–Crippen MR) is 71.4 cm³/mol. The van der Waals surface area contributed by atoms with Crippen LogP contribution in [0.5, 0.6) is 0 Å². The van der Waals surface area contributed by atoms with Crippen molar-refractivity contribution in [1.82, 2.24) is 4.98 Å². The molecule has 5 nitrogen and oxygen atoms in total. The lowest BCUT2D eigenvalue weighted by Gasteiger charge is -2.07. The van der Waals surface area contributed by atoms with Gasteiger partial charge in [-0.25, -0.2) is 22.6 Å². The van der Waals surface area contributed by atoms with E-state index in [1.165, 1.54) is 22.2 Å². The Morgan fingerprint density at radius 1 is 1.45 bits per heavy atom. The number of aromatic carboxylic acids is 1. The Hall–Kier alpha value is -1.51. The monoisotopic (exact) mass is 335 g/mol. The smallest absolute Gasteiger partial charge is 0.338 e. The van der Waals surface area contributed by atoms with Gasteiger partial charge in [-0.15, -0.1) is 11.3 Å². The van der Waals surface area contributed by atoms with Crippen molar-refractivity contribution in [1.29, 1.82) is 0 Å². The normalized spacial score (nSPS) is 11.5. The van der Waals surface area contributed by atoms with Crippen LogP contribution in [-0.2, 0) is 15.6 Å². The molecular weight excluding hydrogens is 329 g/mol. The third-order valence-electron chi connectivity index (χ3n) is 2.39. The van der Waals surface area contributed by atoms with Gasteiger partial charge in [-0.3, -0.25) is 0 Å². The molecule has 0 aliphatic carbocycles. The van der Waals surface area contributed by atoms with Gasteiger partial charge in [0.15, 0.2) is 15.7 Å². The van der Waals surface area contributed by atoms with E-state index < -0.39 is 37.8 Å². The zero-order chi connectivity index (χ0) is 14.9. The molecule has 9 heteroatoms. The standard InChI is InChI=1S/C11H7ClFNO4S2/c12-6-1-8(11(15)16)10(13)9(2-6)20(17,18)4-7-3-19-5-14-7/h1-3,5H,4H2,(H,15,16). The van der Waals surface area contributed by atoms with Gasteiger partial charge in [-0.05, 0) is 12.1 Å². The zero-order valence-corrected chi connectivity index (χ0v) is 12.1. The Kier molecular flexibility index (Phi) is 4.07. The molecular formula is C11H7ClFNO4S2. The van der Waals surface area contributed by atoms with Gasteiger partial charge in [0.1, 0.15) is 4.90 Å². The number of carboxylic acid groups (broad SMARTS) is 1. The van der Waals surface area contributed by atoms with Crippen LogP contribution in [0.4, 0.5) is 4.39 Å². The second-order valence-electron chi connectivity index (χ2n) is 3.81. The summed E-state index contributed by atoms with van der Waals surface area (Å²) in [5, 5.41) is 10.2. The fourth-order valence-electron chi connectivity index (χ4n) is 1.53. The Morgan fingerprint density at radius 3 is 2.70 bits per heavy atom. The second-order valence-corrected chi connectivity index (χ2v) is 6.92. The maximum atomic E-state index is 14.0. The number of carboxylic acids is 1. The summed E-state index contributed by atoms with van der Waals surface area (Å²) in [6, 6.07) is 1.76. The predicted octanol–water partition coefficient (Wildman–Crippen LogP) is 2.61. The number of hydrogen-bond acceptors (Lipinski definition) is 5. The van der Waals surface area contributed by atoms with E-state index in [1.54, 1.807) is 0 Å². The Morgan fingerprint density at radius 2 is 2.15 bits per heavy atom. The molecule has 0 atom stereocenters. The molecule has 1 aromatic carbocycles. The molecule has 2 aromatic rings. The first-order chi connectivity index (χ1) is 9.31. The minimum atomic E-state index is -4.07. The van der Waals surface area contributed by atoms with Crippen molar-refractivity contribution in [3.05, 3.63) is 45.1 Å². The zero-order valence-electron chi connectivity index (χ0n) is 9.71. The molecule has 0 saturated heterocycles. The van der Waals surface area contributed by atoms with Crippen LogP contribution in [-0.4, -0.2) is 24.5 Å². The molecule has 106 valence electrons. The minimum Gasteiger partial charge on any atom is -0.478 e. The molecule has 0 aliphatic heterocycles. The van der Waals surface area contributed by atoms with E-state index in [2.05, 4.69) is 4.98 Å². The highest BCUT2D eigenvalue weighted by atomic mass is 35.5. The molecule has 1 N–H and O–H groups in total. The highest BCUT2D eigenvalue weighted by Crippen LogP contribution is 2.26. The summed E-state index contributed by atoms with van der Waals surface area (Å²) < 4.78 is 38.2. The molecule has 0 fully saturated rings. The fourth-order valence-corrected chi connectivity index (χ4v) is 3.87. The van der Waals surface area contributed by atoms with E-state index in [9.17, 15) is 17.6 Å². The first-order valence-corrected chi connectivity index (χ1v) is 8.11. The number of carbonyl (C=O) groups is 1. The number of hydrogen-bond donors (Lipinski definition) is 1. The molecule has 0 unspecified atom stereocenters. The van der Waals surface area contributed by atoms with Crippen molar-refractivity contribution in [2.75, 3.05) is 0 Å². The van der Waals surface area contributed by atoms with Crippen LogP contribution in [0, 0.1) is 5.82 Å². The summed E-state index contributed by atoms with van der Waals surface area (Å²) in [6.07, 6.45) is 0. The lowest BCUT2D eigenvalue weighted by molar-refractivity contribution is 0.0691. The summed E-state index contributed by atoms with van der Waals surface area (Å²) in [7, 11) is -4.07. The Labute approximate surface area is 122 Å². The first-order valence-electron chi connectivity index (χ1n) is 5.13. The second kappa shape index (κ2) is 5.47. The summed E-state index contributed by atoms with van der Waals surface area (Å²) in [5.41, 5.74) is 0.919. The molecule has 1 heterocycles. The quantitative estimate of drug-likeness (QED) is 0.928. The highest BCUT2D eigenvalue weighted by molar-refractivity contribution is 7.90. The van der Waals surface area contributed by atoms with Crippen molar-refractivity contribution in [3.63, 3.8) is 0 Å². The van der Waals surface area contributed by atoms with Gasteiger partial charge in [-0.2, -0.15) is 0 Å². The van der Waals surface area contributed by atoms with Crippen LogP contribution < -0.4 is 0 Å². The van der Waals surface area contributed by atoms with E-state index >= 15 is 0 Å². The van der Waals surface area contributed by atoms with Gasteiger partial charge < -0.3 is 5.11 Å². The van der Waals surface area contributed by atoms with Crippen LogP contribution in [0.1, 0.15) is 16.1 Å². The van der Waals surface area contributed by atoms with Crippen molar-refractivity contribution >= 4 is 38.7 Å². The third-order valence-corrected chi connectivity index (χ3v) is 4.89. The Balaban J connectivity index is 2.54. The van der Waals surface area contributed by atoms with Gasteiger partial charge in [0.2, 0.25) is 0 Å². The van der Waals surface area contributed by atoms with Crippen LogP contribution in [0.3, 0.4) is 0 Å². The van der Waals surface area contributed by atoms with Gasteiger partial charge in [0.05, 0.1) is 22.5 Å². The molecule has 0 amide bonds. The van der Waals surface area contributed by atoms with Crippen molar-refractivity contribution < 1.29 is 22.7 Å². The average Bonchev–Trinajstić information content (AvgIpc) is 2.83. The lowest BCUT2D eigenvalue weighted by Crippen LogP contribution is -2.11. The number of benzene rings is 1. The van der Waals surface area contributed by atoms with E-state index in [0.717, 1.165) is 12.1 Å². The molecule has 1 aromatic heterocycles. The van der Waals surface area contributed by atoms with Crippen LogP contribution in [0.25, 0.3) is 0 Å². The maximum absolute atomic E-state index is 14.0. The van der Waals surface area contributed by atoms with Crippen molar-refractivity contribution in [2.24, 2.45) is 0 Å². The third kappa shape index (κ3) is 2.97. The number of sulfone groups is 1. The average molecular weight is 336 g/mol. The van der Waals surface area contributed by atoms with Gasteiger partial charge in [0, 0.05) is 10.4 Å². The summed E-state index contributed by atoms with van der Waals surface area (Å²) in [5.74, 6) is -3.43. The summed E-state index contributed by atoms with van der Waals surface area (Å²) >= 11 is 6.85. The molecule has 20 heavy (non-hydrogen) atoms. The molecule has 0 bridgehead atoms. The largest absolute Gasteiger partial charge is 0.478 e. The van der Waals surface area contributed by atoms with E-state index in [1.807, 2.05) is 0 Å². The van der Waals surface area contributed by atoms with E-state index in [0.29, 0.717) is 0 Å². The molecule has 0 radical (unpaired) electrons. The van der Waals surface area contributed by atoms with Crippen LogP contribution in [0.15, 0.2) is 27.9 Å². The molecule has 0 spiro atoms. The molecule has 0 saturated carbocycles. The number of thiazole rings is 1. The van der Waals surface area contributed by atoms with E-state index in [-0.39, 0.29) is 10.7 Å². The fraction of sp³-hybridized carbons (Fsp3) is 0.0909. The van der Waals surface area contributed by atoms with E-state index in [4.69, 9.17) is 16.7 Å². The maximum Gasteiger partial charge on any atom is 0.338 e. The minimum absolute atomic E-state index is 0.166. The topological polar surface area (TPSA) is 84.3 Å². The van der Waals surface area contributed by atoms with Crippen LogP contribution in [0.2, 0.25) is 5.02 Å². The van der Waals surface area contributed by atoms with Crippen LogP contribution >= 0.6 is 22.9 Å². The highest BCUT2D eigenvalue weighted by Gasteiger charge is 2.26. The Bertz CT molecular complexity index is 759. The van der Waals surface area contributed by atoms with Gasteiger partial charge in [-0.1, -0.05) is 11.6 Å². The number of aromatic nitrogens is 1. The number of nitrogens with zero attached hydrogens (tertiary/aromatic N) is 1. The van der Waals surface area contributed by atoms with Crippen molar-refractivity contribution in [2.45, 2.75) is 10.6 Å². The number of halogens is 2. The molecule has 0 aliphatic rings.